The summed E-state index contributed by atoms with van der Waals surface area (Å²) in [5, 5.41) is 7.85. The average molecular weight is 346 g/mol. The van der Waals surface area contributed by atoms with E-state index in [1.54, 1.807) is 0 Å². The van der Waals surface area contributed by atoms with Crippen molar-refractivity contribution in [1.82, 2.24) is 20.0 Å². The number of hydrogen-bond donors (Lipinski definition) is 1. The molecule has 1 saturated carbocycles. The van der Waals surface area contributed by atoms with Crippen LogP contribution in [0.4, 0.5) is 0 Å². The minimum atomic E-state index is 0.581. The number of aromatic nitrogens is 2. The van der Waals surface area contributed by atoms with E-state index < -0.39 is 0 Å². The van der Waals surface area contributed by atoms with Gasteiger partial charge in [0.1, 0.15) is 0 Å². The number of nitrogens with one attached hydrogen (secondary N) is 1. The molecule has 1 aliphatic carbocycles. The van der Waals surface area contributed by atoms with E-state index in [0.717, 1.165) is 44.0 Å². The lowest BCUT2D eigenvalue weighted by atomic mass is 9.81. The molecule has 0 bridgehead atoms. The zero-order valence-electron chi connectivity index (χ0n) is 16.2. The summed E-state index contributed by atoms with van der Waals surface area (Å²) < 4.78 is 1.91. The predicted octanol–water partition coefficient (Wildman–Crippen LogP) is 3.39. The standard InChI is InChI=1S/C20H35N5/c1-4-16-6-8-17(9-7-16)12-22-20(21-5-2)25-11-10-18(15-25)19-13-23-24(3)14-19/h13-14,16-18H,4-12,15H2,1-3H3,(H,21,22). The number of guanidine groups is 1. The van der Waals surface area contributed by atoms with E-state index in [-0.39, 0.29) is 0 Å². The van der Waals surface area contributed by atoms with Crippen molar-refractivity contribution >= 4 is 5.96 Å². The first-order valence-corrected chi connectivity index (χ1v) is 10.2. The van der Waals surface area contributed by atoms with Gasteiger partial charge in [-0.2, -0.15) is 5.10 Å². The van der Waals surface area contributed by atoms with Crippen molar-refractivity contribution < 1.29 is 0 Å². The highest BCUT2D eigenvalue weighted by molar-refractivity contribution is 5.80. The van der Waals surface area contributed by atoms with Crippen LogP contribution in [0.3, 0.4) is 0 Å². The summed E-state index contributed by atoms with van der Waals surface area (Å²) in [6.07, 6.45) is 12.2. The van der Waals surface area contributed by atoms with Gasteiger partial charge in [0.05, 0.1) is 6.20 Å². The average Bonchev–Trinajstić information content (AvgIpc) is 3.28. The van der Waals surface area contributed by atoms with Crippen molar-refractivity contribution in [1.29, 1.82) is 0 Å². The molecule has 1 atom stereocenters. The lowest BCUT2D eigenvalue weighted by Gasteiger charge is -2.27. The largest absolute Gasteiger partial charge is 0.357 e. The summed E-state index contributed by atoms with van der Waals surface area (Å²) in [7, 11) is 2.00. The van der Waals surface area contributed by atoms with Crippen LogP contribution in [0, 0.1) is 11.8 Å². The van der Waals surface area contributed by atoms with Gasteiger partial charge in [-0.25, -0.2) is 0 Å². The number of aryl methyl sites for hydroxylation is 1. The van der Waals surface area contributed by atoms with Crippen molar-refractivity contribution in [3.63, 3.8) is 0 Å². The van der Waals surface area contributed by atoms with Crippen LogP contribution in [0.5, 0.6) is 0 Å². The molecule has 1 aliphatic heterocycles. The van der Waals surface area contributed by atoms with Crippen LogP contribution in [0.1, 0.15) is 63.9 Å². The molecule has 0 aromatic carbocycles. The lowest BCUT2D eigenvalue weighted by Crippen LogP contribution is -2.40. The molecule has 3 rings (SSSR count). The molecule has 1 unspecified atom stereocenters. The molecule has 5 heteroatoms. The first-order valence-electron chi connectivity index (χ1n) is 10.2. The highest BCUT2D eigenvalue weighted by Crippen LogP contribution is 2.31. The maximum absolute atomic E-state index is 5.01. The fraction of sp³-hybridized carbons (Fsp3) is 0.800. The van der Waals surface area contributed by atoms with Crippen LogP contribution in [0.25, 0.3) is 0 Å². The van der Waals surface area contributed by atoms with E-state index in [9.17, 15) is 0 Å². The third-order valence-corrected chi connectivity index (χ3v) is 6.06. The normalized spacial score (nSPS) is 27.7. The SMILES string of the molecule is CCNC(=NCC1CCC(CC)CC1)N1CCC(c2cnn(C)c2)C1. The molecule has 0 amide bonds. The molecule has 5 nitrogen and oxygen atoms in total. The molecule has 2 heterocycles. The molecule has 2 fully saturated rings. The van der Waals surface area contributed by atoms with Gasteiger partial charge in [0.25, 0.3) is 0 Å². The van der Waals surface area contributed by atoms with Gasteiger partial charge in [-0.1, -0.05) is 26.2 Å². The van der Waals surface area contributed by atoms with Gasteiger partial charge < -0.3 is 10.2 Å². The molecule has 1 aromatic heterocycles. The monoisotopic (exact) mass is 345 g/mol. The van der Waals surface area contributed by atoms with Crippen LogP contribution in [-0.2, 0) is 7.05 Å². The summed E-state index contributed by atoms with van der Waals surface area (Å²) in [5.74, 6) is 3.45. The van der Waals surface area contributed by atoms with Crippen LogP contribution >= 0.6 is 0 Å². The van der Waals surface area contributed by atoms with Crippen LogP contribution in [0.15, 0.2) is 17.4 Å². The molecule has 1 N–H and O–H groups in total. The van der Waals surface area contributed by atoms with Gasteiger partial charge >= 0.3 is 0 Å². The first kappa shape index (κ1) is 18.3. The Morgan fingerprint density at radius 3 is 2.60 bits per heavy atom. The van der Waals surface area contributed by atoms with Crippen LogP contribution < -0.4 is 5.32 Å². The Labute approximate surface area is 152 Å². The van der Waals surface area contributed by atoms with Gasteiger partial charge in [-0.15, -0.1) is 0 Å². The summed E-state index contributed by atoms with van der Waals surface area (Å²) in [6, 6.07) is 0. The Bertz CT molecular complexity index is 556. The Balaban J connectivity index is 1.55. The zero-order chi connectivity index (χ0) is 17.6. The summed E-state index contributed by atoms with van der Waals surface area (Å²) >= 11 is 0. The van der Waals surface area contributed by atoms with Crippen molar-refractivity contribution in [3.8, 4) is 0 Å². The van der Waals surface area contributed by atoms with E-state index in [2.05, 4.69) is 35.4 Å². The fourth-order valence-corrected chi connectivity index (χ4v) is 4.34. The zero-order valence-corrected chi connectivity index (χ0v) is 16.2. The molecule has 0 radical (unpaired) electrons. The Morgan fingerprint density at radius 2 is 1.96 bits per heavy atom. The Morgan fingerprint density at radius 1 is 1.20 bits per heavy atom. The van der Waals surface area contributed by atoms with E-state index in [1.165, 1.54) is 44.1 Å². The molecular formula is C20H35N5. The molecule has 1 saturated heterocycles. The smallest absolute Gasteiger partial charge is 0.193 e. The van der Waals surface area contributed by atoms with Crippen molar-refractivity contribution in [3.05, 3.63) is 18.0 Å². The van der Waals surface area contributed by atoms with Crippen LogP contribution in [-0.4, -0.2) is 46.8 Å². The minimum absolute atomic E-state index is 0.581. The molecule has 140 valence electrons. The summed E-state index contributed by atoms with van der Waals surface area (Å²) in [6.45, 7) is 8.57. The van der Waals surface area contributed by atoms with Gasteiger partial charge in [-0.3, -0.25) is 9.67 Å². The van der Waals surface area contributed by atoms with Crippen molar-refractivity contribution in [2.45, 2.75) is 58.3 Å². The van der Waals surface area contributed by atoms with Gasteiger partial charge in [0.2, 0.25) is 0 Å². The first-order chi connectivity index (χ1) is 12.2. The highest BCUT2D eigenvalue weighted by atomic mass is 15.3. The van der Waals surface area contributed by atoms with Gasteiger partial charge in [0.15, 0.2) is 5.96 Å². The van der Waals surface area contributed by atoms with Crippen molar-refractivity contribution in [2.24, 2.45) is 23.9 Å². The second kappa shape index (κ2) is 8.72. The number of hydrogen-bond acceptors (Lipinski definition) is 2. The number of aliphatic imine (C=N–C) groups is 1. The third-order valence-electron chi connectivity index (χ3n) is 6.06. The number of rotatable bonds is 5. The van der Waals surface area contributed by atoms with Crippen molar-refractivity contribution in [2.75, 3.05) is 26.2 Å². The fourth-order valence-electron chi connectivity index (χ4n) is 4.34. The maximum atomic E-state index is 5.01. The molecular weight excluding hydrogens is 310 g/mol. The van der Waals surface area contributed by atoms with Crippen LogP contribution in [0.2, 0.25) is 0 Å². The quantitative estimate of drug-likeness (QED) is 0.657. The van der Waals surface area contributed by atoms with E-state index in [0.29, 0.717) is 5.92 Å². The second-order valence-electron chi connectivity index (χ2n) is 7.87. The molecule has 1 aromatic rings. The maximum Gasteiger partial charge on any atom is 0.193 e. The van der Waals surface area contributed by atoms with E-state index in [1.807, 2.05) is 17.9 Å². The highest BCUT2D eigenvalue weighted by Gasteiger charge is 2.27. The Hall–Kier alpha value is -1.52. The molecule has 0 spiro atoms. The topological polar surface area (TPSA) is 45.5 Å². The minimum Gasteiger partial charge on any atom is -0.357 e. The second-order valence-corrected chi connectivity index (χ2v) is 7.87. The predicted molar refractivity (Wildman–Crippen MR) is 104 cm³/mol. The summed E-state index contributed by atoms with van der Waals surface area (Å²) in [5.41, 5.74) is 1.36. The number of nitrogens with zero attached hydrogens (tertiary/aromatic N) is 4. The Kier molecular flexibility index (Phi) is 6.38. The summed E-state index contributed by atoms with van der Waals surface area (Å²) in [4.78, 5) is 7.46. The van der Waals surface area contributed by atoms with Gasteiger partial charge in [-0.05, 0) is 43.6 Å². The third kappa shape index (κ3) is 4.77. The molecule has 25 heavy (non-hydrogen) atoms. The number of likely N-dealkylation sites (tertiary alicyclic amines) is 1. The lowest BCUT2D eigenvalue weighted by molar-refractivity contribution is 0.274. The van der Waals surface area contributed by atoms with E-state index >= 15 is 0 Å². The molecule has 2 aliphatic rings. The van der Waals surface area contributed by atoms with E-state index in [4.69, 9.17) is 4.99 Å². The van der Waals surface area contributed by atoms with Gasteiger partial charge in [0, 0.05) is 45.3 Å².